The first kappa shape index (κ1) is 27.2. The normalized spacial score (nSPS) is 21.1. The van der Waals surface area contributed by atoms with E-state index in [2.05, 4.69) is 11.0 Å². The van der Waals surface area contributed by atoms with E-state index in [9.17, 15) is 32.3 Å². The third kappa shape index (κ3) is 5.55. The number of Topliss-reactive ketones (excluding diaryl/α,β-unsaturated/α-hetero) is 2. The van der Waals surface area contributed by atoms with Crippen molar-refractivity contribution in [2.75, 3.05) is 13.1 Å². The molecular weight excluding hydrogens is 509 g/mol. The number of rotatable bonds is 6. The van der Waals surface area contributed by atoms with Gasteiger partial charge in [0.25, 0.3) is 11.8 Å². The minimum absolute atomic E-state index is 0.133. The number of alkyl halides is 3. The fourth-order valence-corrected chi connectivity index (χ4v) is 6.03. The van der Waals surface area contributed by atoms with Gasteiger partial charge < -0.3 is 0 Å². The first-order valence-corrected chi connectivity index (χ1v) is 13.4. The van der Waals surface area contributed by atoms with Gasteiger partial charge in [-0.1, -0.05) is 30.3 Å². The largest absolute Gasteiger partial charge is 0.391 e. The molecule has 2 heterocycles. The zero-order chi connectivity index (χ0) is 27.9. The van der Waals surface area contributed by atoms with Gasteiger partial charge in [0.05, 0.1) is 29.5 Å². The Morgan fingerprint density at radius 2 is 1.64 bits per heavy atom. The molecule has 1 atom stereocenters. The third-order valence-corrected chi connectivity index (χ3v) is 8.32. The predicted molar refractivity (Wildman–Crippen MR) is 137 cm³/mol. The van der Waals surface area contributed by atoms with Crippen molar-refractivity contribution >= 4 is 23.4 Å². The summed E-state index contributed by atoms with van der Waals surface area (Å²) in [5, 5.41) is 0. The van der Waals surface area contributed by atoms with Crippen LogP contribution in [0.5, 0.6) is 0 Å². The van der Waals surface area contributed by atoms with E-state index in [0.717, 1.165) is 27.2 Å². The van der Waals surface area contributed by atoms with Crippen LogP contribution in [-0.4, -0.2) is 58.5 Å². The van der Waals surface area contributed by atoms with Crippen molar-refractivity contribution in [3.05, 3.63) is 69.8 Å². The maximum Gasteiger partial charge on any atom is 0.391 e. The Labute approximate surface area is 225 Å². The van der Waals surface area contributed by atoms with Crippen molar-refractivity contribution in [3.8, 4) is 0 Å². The highest BCUT2D eigenvalue weighted by Gasteiger charge is 2.45. The Balaban J connectivity index is 1.24. The highest BCUT2D eigenvalue weighted by atomic mass is 19.4. The second-order valence-corrected chi connectivity index (χ2v) is 10.9. The summed E-state index contributed by atoms with van der Waals surface area (Å²) in [6.07, 6.45) is -2.59. The summed E-state index contributed by atoms with van der Waals surface area (Å²) in [7, 11) is 0. The molecule has 2 amide bonds. The molecule has 1 saturated heterocycles. The van der Waals surface area contributed by atoms with Gasteiger partial charge in [0.1, 0.15) is 5.78 Å². The fraction of sp³-hybridized carbons (Fsp3) is 0.467. The summed E-state index contributed by atoms with van der Waals surface area (Å²) in [5.41, 5.74) is 4.57. The van der Waals surface area contributed by atoms with Gasteiger partial charge in [0, 0.05) is 13.0 Å². The number of hydrogen-bond donors (Lipinski definition) is 0. The molecule has 5 rings (SSSR count). The van der Waals surface area contributed by atoms with E-state index in [1.807, 2.05) is 25.1 Å². The molecule has 0 spiro atoms. The minimum Gasteiger partial charge on any atom is -0.299 e. The molecule has 3 aliphatic rings. The maximum atomic E-state index is 13.3. The van der Waals surface area contributed by atoms with Crippen LogP contribution >= 0.6 is 0 Å². The van der Waals surface area contributed by atoms with Gasteiger partial charge in [-0.15, -0.1) is 0 Å². The third-order valence-electron chi connectivity index (χ3n) is 8.32. The summed E-state index contributed by atoms with van der Waals surface area (Å²) in [5.74, 6) is -2.72. The lowest BCUT2D eigenvalue weighted by molar-refractivity contribution is -0.185. The van der Waals surface area contributed by atoms with Crippen molar-refractivity contribution in [1.29, 1.82) is 0 Å². The van der Waals surface area contributed by atoms with Gasteiger partial charge in [-0.05, 0) is 80.4 Å². The molecule has 2 aromatic carbocycles. The Bertz CT molecular complexity index is 1330. The molecule has 6 nitrogen and oxygen atoms in total. The number of carbonyl (C=O) groups is 4. The first-order chi connectivity index (χ1) is 18.5. The van der Waals surface area contributed by atoms with Crippen molar-refractivity contribution in [2.24, 2.45) is 5.92 Å². The second kappa shape index (κ2) is 10.7. The van der Waals surface area contributed by atoms with Crippen LogP contribution < -0.4 is 0 Å². The van der Waals surface area contributed by atoms with Crippen LogP contribution in [-0.2, 0) is 29.0 Å². The number of hydrogen-bond acceptors (Lipinski definition) is 5. The van der Waals surface area contributed by atoms with E-state index in [-0.39, 0.29) is 43.7 Å². The van der Waals surface area contributed by atoms with E-state index >= 15 is 0 Å². The van der Waals surface area contributed by atoms with Crippen LogP contribution in [0.3, 0.4) is 0 Å². The number of amides is 2. The highest BCUT2D eigenvalue weighted by molar-refractivity contribution is 6.24. The van der Waals surface area contributed by atoms with Gasteiger partial charge in [0.2, 0.25) is 0 Å². The van der Waals surface area contributed by atoms with Crippen molar-refractivity contribution in [3.63, 3.8) is 0 Å². The zero-order valence-corrected chi connectivity index (χ0v) is 21.9. The van der Waals surface area contributed by atoms with Crippen LogP contribution in [0, 0.1) is 12.8 Å². The van der Waals surface area contributed by atoms with Gasteiger partial charge in [0.15, 0.2) is 5.78 Å². The Morgan fingerprint density at radius 3 is 2.31 bits per heavy atom. The molecule has 9 heteroatoms. The molecule has 0 radical (unpaired) electrons. The van der Waals surface area contributed by atoms with Gasteiger partial charge in [-0.25, -0.2) is 0 Å². The lowest BCUT2D eigenvalue weighted by atomic mass is 9.92. The van der Waals surface area contributed by atoms with E-state index < -0.39 is 30.0 Å². The van der Waals surface area contributed by atoms with Crippen molar-refractivity contribution in [1.82, 2.24) is 9.80 Å². The topological polar surface area (TPSA) is 74.8 Å². The molecule has 1 saturated carbocycles. The summed E-state index contributed by atoms with van der Waals surface area (Å²) < 4.78 is 38.9. The molecule has 0 aromatic heterocycles. The van der Waals surface area contributed by atoms with Gasteiger partial charge in [-0.2, -0.15) is 13.2 Å². The monoisotopic (exact) mass is 540 g/mol. The van der Waals surface area contributed by atoms with E-state index in [1.54, 1.807) is 12.1 Å². The summed E-state index contributed by atoms with van der Waals surface area (Å²) >= 11 is 0. The highest BCUT2D eigenvalue weighted by Crippen LogP contribution is 2.35. The number of imide groups is 1. The quantitative estimate of drug-likeness (QED) is 0.387. The number of benzene rings is 2. The molecule has 0 bridgehead atoms. The van der Waals surface area contributed by atoms with Crippen LogP contribution in [0.1, 0.15) is 75.1 Å². The van der Waals surface area contributed by atoms with Gasteiger partial charge >= 0.3 is 6.18 Å². The van der Waals surface area contributed by atoms with Crippen LogP contribution in [0.2, 0.25) is 0 Å². The number of nitrogens with zero attached hydrogens (tertiary/aromatic N) is 2. The molecule has 1 aliphatic carbocycles. The van der Waals surface area contributed by atoms with Crippen LogP contribution in [0.25, 0.3) is 0 Å². The SMILES string of the molecule is Cc1cc(CCc2cccc3c2C(=O)N(C2CCC(=O)CC2=O)C3=O)ccc1CN1CCC(C(F)(F)F)CC1. The molecular formula is C30H31F3N2O4. The molecule has 1 unspecified atom stereocenters. The smallest absolute Gasteiger partial charge is 0.299 e. The predicted octanol–water partition coefficient (Wildman–Crippen LogP) is 4.84. The maximum absolute atomic E-state index is 13.3. The van der Waals surface area contributed by atoms with Gasteiger partial charge in [-0.3, -0.25) is 29.0 Å². The fourth-order valence-electron chi connectivity index (χ4n) is 6.03. The van der Waals surface area contributed by atoms with E-state index in [1.165, 1.54) is 0 Å². The molecule has 2 aromatic rings. The second-order valence-electron chi connectivity index (χ2n) is 10.9. The number of carbonyl (C=O) groups excluding carboxylic acids is 4. The average molecular weight is 541 g/mol. The number of aryl methyl sites for hydroxylation is 3. The molecule has 206 valence electrons. The summed E-state index contributed by atoms with van der Waals surface area (Å²) in [4.78, 5) is 53.6. The molecule has 2 fully saturated rings. The number of fused-ring (bicyclic) bond motifs is 1. The minimum atomic E-state index is -4.12. The number of likely N-dealkylation sites (tertiary alicyclic amines) is 1. The standard InChI is InChI=1S/C30H31F3N2O4/c1-18-15-19(6-8-21(18)17-34-13-11-22(12-14-34)30(31,32)33)5-7-20-3-2-4-24-27(20)29(39)35(28(24)38)25-10-9-23(36)16-26(25)37/h2-4,6,8,15,22,25H,5,7,9-14,16-17H2,1H3. The lowest BCUT2D eigenvalue weighted by Crippen LogP contribution is -2.47. The lowest BCUT2D eigenvalue weighted by Gasteiger charge is -2.33. The summed E-state index contributed by atoms with van der Waals surface area (Å²) in [6, 6.07) is 10.4. The number of ketones is 2. The van der Waals surface area contributed by atoms with E-state index in [4.69, 9.17) is 0 Å². The Kier molecular flexibility index (Phi) is 7.46. The van der Waals surface area contributed by atoms with Crippen molar-refractivity contribution in [2.45, 2.75) is 70.6 Å². The van der Waals surface area contributed by atoms with Crippen LogP contribution in [0.15, 0.2) is 36.4 Å². The number of piperidine rings is 1. The van der Waals surface area contributed by atoms with Crippen LogP contribution in [0.4, 0.5) is 13.2 Å². The van der Waals surface area contributed by atoms with E-state index in [0.29, 0.717) is 43.6 Å². The average Bonchev–Trinajstić information content (AvgIpc) is 3.14. The number of halogens is 3. The molecule has 39 heavy (non-hydrogen) atoms. The zero-order valence-electron chi connectivity index (χ0n) is 21.9. The first-order valence-electron chi connectivity index (χ1n) is 13.4. The Morgan fingerprint density at radius 1 is 0.897 bits per heavy atom. The molecule has 0 N–H and O–H groups in total. The molecule has 2 aliphatic heterocycles. The Hall–Kier alpha value is -3.33. The summed E-state index contributed by atoms with van der Waals surface area (Å²) in [6.45, 7) is 3.46. The van der Waals surface area contributed by atoms with Crippen molar-refractivity contribution < 1.29 is 32.3 Å².